The summed E-state index contributed by atoms with van der Waals surface area (Å²) in [6, 6.07) is 9.65. The minimum absolute atomic E-state index is 0.451. The van der Waals surface area contributed by atoms with E-state index in [0.29, 0.717) is 22.9 Å². The molecule has 0 aliphatic carbocycles. The highest BCUT2D eigenvalue weighted by Crippen LogP contribution is 2.26. The molecule has 118 valence electrons. The van der Waals surface area contributed by atoms with E-state index in [1.54, 1.807) is 10.6 Å². The van der Waals surface area contributed by atoms with Gasteiger partial charge in [0.1, 0.15) is 11.8 Å². The van der Waals surface area contributed by atoms with Gasteiger partial charge in [0.15, 0.2) is 11.5 Å². The van der Waals surface area contributed by atoms with Gasteiger partial charge in [-0.25, -0.2) is 9.97 Å². The van der Waals surface area contributed by atoms with Gasteiger partial charge < -0.3 is 4.90 Å². The number of anilines is 1. The molecule has 6 nitrogen and oxygen atoms in total. The van der Waals surface area contributed by atoms with Crippen LogP contribution in [0, 0.1) is 11.3 Å². The van der Waals surface area contributed by atoms with Crippen molar-refractivity contribution in [2.24, 2.45) is 4.99 Å². The number of rotatable bonds is 2. The highest BCUT2D eigenvalue weighted by Gasteiger charge is 2.18. The fourth-order valence-electron chi connectivity index (χ4n) is 2.74. The number of hydrogen-bond donors (Lipinski definition) is 0. The summed E-state index contributed by atoms with van der Waals surface area (Å²) in [5, 5.41) is 10.0. The predicted molar refractivity (Wildman–Crippen MR) is 93.7 cm³/mol. The number of nitriles is 1. The number of aliphatic imine (C=N–C) groups is 1. The molecule has 1 aliphatic rings. The highest BCUT2D eigenvalue weighted by molar-refractivity contribution is 6.30. The fourth-order valence-corrected chi connectivity index (χ4v) is 2.87. The first-order valence-corrected chi connectivity index (χ1v) is 7.91. The zero-order valence-corrected chi connectivity index (χ0v) is 13.5. The second kappa shape index (κ2) is 5.95. The molecule has 1 aliphatic heterocycles. The van der Waals surface area contributed by atoms with E-state index < -0.39 is 0 Å². The third-order valence-electron chi connectivity index (χ3n) is 3.96. The number of nitrogens with zero attached hydrogens (tertiary/aromatic N) is 6. The van der Waals surface area contributed by atoms with E-state index in [-0.39, 0.29) is 0 Å². The van der Waals surface area contributed by atoms with Crippen molar-refractivity contribution < 1.29 is 0 Å². The van der Waals surface area contributed by atoms with E-state index >= 15 is 0 Å². The summed E-state index contributed by atoms with van der Waals surface area (Å²) in [6.07, 6.45) is 5.32. The molecule has 0 atom stereocenters. The summed E-state index contributed by atoms with van der Waals surface area (Å²) in [5.41, 5.74) is 2.85. The van der Waals surface area contributed by atoms with Crippen LogP contribution in [0.3, 0.4) is 0 Å². The van der Waals surface area contributed by atoms with Crippen molar-refractivity contribution in [2.75, 3.05) is 24.5 Å². The van der Waals surface area contributed by atoms with Crippen LogP contribution in [0.4, 0.5) is 5.82 Å². The molecule has 0 N–H and O–H groups in total. The normalized spacial score (nSPS) is 14.1. The molecule has 0 saturated carbocycles. The van der Waals surface area contributed by atoms with E-state index in [4.69, 9.17) is 16.6 Å². The molecule has 7 heteroatoms. The molecular weight excluding hydrogens is 324 g/mol. The zero-order chi connectivity index (χ0) is 16.5. The average molecular weight is 337 g/mol. The molecule has 0 saturated heterocycles. The van der Waals surface area contributed by atoms with Crippen molar-refractivity contribution in [3.05, 3.63) is 47.4 Å². The average Bonchev–Trinajstić information content (AvgIpc) is 3.07. The second-order valence-corrected chi connectivity index (χ2v) is 5.88. The molecule has 2 aromatic heterocycles. The van der Waals surface area contributed by atoms with Crippen LogP contribution in [0.5, 0.6) is 0 Å². The molecule has 0 fully saturated rings. The van der Waals surface area contributed by atoms with Gasteiger partial charge >= 0.3 is 0 Å². The van der Waals surface area contributed by atoms with E-state index in [1.165, 1.54) is 0 Å². The lowest BCUT2D eigenvalue weighted by molar-refractivity contribution is 0.815. The van der Waals surface area contributed by atoms with E-state index in [0.717, 1.165) is 30.2 Å². The molecule has 0 radical (unpaired) electrons. The van der Waals surface area contributed by atoms with Crippen molar-refractivity contribution in [2.45, 2.75) is 0 Å². The zero-order valence-electron chi connectivity index (χ0n) is 12.7. The quantitative estimate of drug-likeness (QED) is 0.721. The van der Waals surface area contributed by atoms with Crippen molar-refractivity contribution in [3.63, 3.8) is 0 Å². The number of halogens is 1. The van der Waals surface area contributed by atoms with Gasteiger partial charge in [-0.1, -0.05) is 23.7 Å². The first-order chi connectivity index (χ1) is 11.8. The van der Waals surface area contributed by atoms with E-state index in [9.17, 15) is 5.26 Å². The number of aromatic nitrogens is 3. The van der Waals surface area contributed by atoms with Crippen molar-refractivity contribution in [1.82, 2.24) is 14.4 Å². The van der Waals surface area contributed by atoms with Gasteiger partial charge in [-0.15, -0.1) is 0 Å². The lowest BCUT2D eigenvalue weighted by atomic mass is 10.2. The Bertz CT molecular complexity index is 967. The summed E-state index contributed by atoms with van der Waals surface area (Å²) in [7, 11) is 0. The number of benzene rings is 1. The van der Waals surface area contributed by atoms with Gasteiger partial charge in [0.05, 0.1) is 25.0 Å². The Hall–Kier alpha value is -2.91. The third kappa shape index (κ3) is 2.49. The van der Waals surface area contributed by atoms with Gasteiger partial charge in [0, 0.05) is 29.5 Å². The fraction of sp³-hybridized carbons (Fsp3) is 0.176. The van der Waals surface area contributed by atoms with E-state index in [1.807, 2.05) is 36.7 Å². The smallest absolute Gasteiger partial charge is 0.181 e. The summed E-state index contributed by atoms with van der Waals surface area (Å²) in [5.74, 6) is 0.764. The Morgan fingerprint density at radius 2 is 2.04 bits per heavy atom. The van der Waals surface area contributed by atoms with Crippen LogP contribution in [0.25, 0.3) is 16.9 Å². The van der Waals surface area contributed by atoms with Crippen molar-refractivity contribution >= 4 is 29.3 Å². The van der Waals surface area contributed by atoms with Crippen LogP contribution in [0.2, 0.25) is 5.02 Å². The first-order valence-electron chi connectivity index (χ1n) is 7.53. The van der Waals surface area contributed by atoms with Crippen LogP contribution in [-0.4, -0.2) is 40.2 Å². The van der Waals surface area contributed by atoms with Gasteiger partial charge in [0.2, 0.25) is 0 Å². The molecule has 0 bridgehead atoms. The van der Waals surface area contributed by atoms with Crippen molar-refractivity contribution in [1.29, 1.82) is 5.26 Å². The van der Waals surface area contributed by atoms with Crippen LogP contribution in [0.1, 0.15) is 5.69 Å². The molecule has 3 aromatic rings. The lowest BCUT2D eigenvalue weighted by Crippen LogP contribution is -2.32. The molecule has 1 aromatic carbocycles. The SMILES string of the molecule is N#Cc1cnc(N2CC=NCC2)c2nc(-c3ccc(Cl)cc3)cn12. The van der Waals surface area contributed by atoms with Gasteiger partial charge in [-0.05, 0) is 12.1 Å². The summed E-state index contributed by atoms with van der Waals surface area (Å²) in [6.45, 7) is 2.21. The molecule has 4 rings (SSSR count). The van der Waals surface area contributed by atoms with Crippen LogP contribution < -0.4 is 4.90 Å². The van der Waals surface area contributed by atoms with Crippen LogP contribution in [-0.2, 0) is 0 Å². The van der Waals surface area contributed by atoms with Gasteiger partial charge in [0.25, 0.3) is 0 Å². The standard InChI is InChI=1S/C17H13ClN6/c18-13-3-1-12(2-4-13)15-11-24-14(9-19)10-21-16(17(24)22-15)23-7-5-20-6-8-23/h1-5,10-11H,6-8H2. The molecule has 24 heavy (non-hydrogen) atoms. The minimum atomic E-state index is 0.451. The number of imidazole rings is 1. The predicted octanol–water partition coefficient (Wildman–Crippen LogP) is 2.81. The van der Waals surface area contributed by atoms with Crippen LogP contribution >= 0.6 is 11.6 Å². The molecule has 0 amide bonds. The largest absolute Gasteiger partial charge is 0.346 e. The molecule has 3 heterocycles. The topological polar surface area (TPSA) is 69.6 Å². The first kappa shape index (κ1) is 14.7. The Labute approximate surface area is 143 Å². The monoisotopic (exact) mass is 336 g/mol. The van der Waals surface area contributed by atoms with E-state index in [2.05, 4.69) is 20.9 Å². The molecule has 0 unspecified atom stereocenters. The summed E-state index contributed by atoms with van der Waals surface area (Å²) < 4.78 is 1.79. The Morgan fingerprint density at radius 1 is 1.21 bits per heavy atom. The van der Waals surface area contributed by atoms with Crippen LogP contribution in [0.15, 0.2) is 41.7 Å². The second-order valence-electron chi connectivity index (χ2n) is 5.44. The maximum absolute atomic E-state index is 9.36. The van der Waals surface area contributed by atoms with Gasteiger partial charge in [-0.2, -0.15) is 5.26 Å². The summed E-state index contributed by atoms with van der Waals surface area (Å²) >= 11 is 5.95. The van der Waals surface area contributed by atoms with Crippen molar-refractivity contribution in [3.8, 4) is 17.3 Å². The minimum Gasteiger partial charge on any atom is -0.346 e. The number of hydrogen-bond acceptors (Lipinski definition) is 5. The molecule has 0 spiro atoms. The number of fused-ring (bicyclic) bond motifs is 1. The van der Waals surface area contributed by atoms with Gasteiger partial charge in [-0.3, -0.25) is 9.39 Å². The maximum atomic E-state index is 9.36. The molecular formula is C17H13ClN6. The highest BCUT2D eigenvalue weighted by atomic mass is 35.5. The Kier molecular flexibility index (Phi) is 3.63. The third-order valence-corrected chi connectivity index (χ3v) is 4.21. The Morgan fingerprint density at radius 3 is 2.75 bits per heavy atom. The Balaban J connectivity index is 1.88. The maximum Gasteiger partial charge on any atom is 0.181 e. The lowest BCUT2D eigenvalue weighted by Gasteiger charge is -2.24. The summed E-state index contributed by atoms with van der Waals surface area (Å²) in [4.78, 5) is 15.5.